The van der Waals surface area contributed by atoms with Gasteiger partial charge >= 0.3 is 0 Å². The third kappa shape index (κ3) is 4.78. The molecule has 3 aromatic carbocycles. The van der Waals surface area contributed by atoms with E-state index in [1.54, 1.807) is 18.2 Å². The van der Waals surface area contributed by atoms with E-state index in [0.29, 0.717) is 33.7 Å². The molecule has 0 aliphatic heterocycles. The van der Waals surface area contributed by atoms with E-state index in [-0.39, 0.29) is 5.57 Å². The number of nitriles is 1. The van der Waals surface area contributed by atoms with E-state index in [2.05, 4.69) is 11.9 Å². The summed E-state index contributed by atoms with van der Waals surface area (Å²) < 4.78 is 5.73. The minimum absolute atomic E-state index is 0.0733. The van der Waals surface area contributed by atoms with Crippen LogP contribution in [0.15, 0.2) is 72.8 Å². The molecule has 0 aromatic heterocycles. The molecule has 1 amide bonds. The molecule has 6 heteroatoms. The van der Waals surface area contributed by atoms with Crippen molar-refractivity contribution in [2.24, 2.45) is 0 Å². The lowest BCUT2D eigenvalue weighted by atomic mass is 10.0. The number of amides is 1. The van der Waals surface area contributed by atoms with E-state index in [4.69, 9.17) is 27.9 Å². The Bertz CT molecular complexity index is 1160. The van der Waals surface area contributed by atoms with Crippen molar-refractivity contribution in [2.45, 2.75) is 0 Å². The first-order valence-electron chi connectivity index (χ1n) is 8.67. The monoisotopic (exact) mass is 422 g/mol. The molecule has 0 aliphatic carbocycles. The van der Waals surface area contributed by atoms with Crippen LogP contribution in [0.1, 0.15) is 5.56 Å². The minimum atomic E-state index is -0.562. The van der Waals surface area contributed by atoms with Crippen molar-refractivity contribution >= 4 is 51.6 Å². The summed E-state index contributed by atoms with van der Waals surface area (Å²) in [6.45, 7) is 3.96. The maximum atomic E-state index is 12.7. The second-order valence-corrected chi connectivity index (χ2v) is 6.87. The van der Waals surface area contributed by atoms with Crippen molar-refractivity contribution < 1.29 is 9.53 Å². The fourth-order valence-electron chi connectivity index (χ4n) is 2.76. The van der Waals surface area contributed by atoms with E-state index in [1.165, 1.54) is 12.1 Å². The van der Waals surface area contributed by atoms with Crippen LogP contribution in [0.3, 0.4) is 0 Å². The van der Waals surface area contributed by atoms with Gasteiger partial charge in [0.25, 0.3) is 5.91 Å². The van der Waals surface area contributed by atoms with Crippen LogP contribution in [0.4, 0.5) is 5.69 Å². The highest BCUT2D eigenvalue weighted by Crippen LogP contribution is 2.31. The summed E-state index contributed by atoms with van der Waals surface area (Å²) in [5, 5.41) is 14.8. The summed E-state index contributed by atoms with van der Waals surface area (Å²) >= 11 is 11.9. The normalized spacial score (nSPS) is 11.0. The van der Waals surface area contributed by atoms with Gasteiger partial charge in [-0.25, -0.2) is 0 Å². The van der Waals surface area contributed by atoms with Crippen LogP contribution < -0.4 is 10.1 Å². The molecule has 0 radical (unpaired) electrons. The Balaban J connectivity index is 2.02. The number of hydrogen-bond acceptors (Lipinski definition) is 3. The molecular weight excluding hydrogens is 407 g/mol. The van der Waals surface area contributed by atoms with Crippen LogP contribution in [0.2, 0.25) is 10.0 Å². The molecule has 0 heterocycles. The summed E-state index contributed by atoms with van der Waals surface area (Å²) in [6, 6.07) is 18.1. The van der Waals surface area contributed by atoms with Gasteiger partial charge in [0.15, 0.2) is 0 Å². The fourth-order valence-corrected chi connectivity index (χ4v) is 3.06. The van der Waals surface area contributed by atoms with Crippen molar-refractivity contribution in [3.63, 3.8) is 0 Å². The predicted molar refractivity (Wildman–Crippen MR) is 118 cm³/mol. The van der Waals surface area contributed by atoms with Gasteiger partial charge in [0, 0.05) is 11.3 Å². The lowest BCUT2D eigenvalue weighted by Gasteiger charge is -2.12. The first-order valence-corrected chi connectivity index (χ1v) is 9.42. The van der Waals surface area contributed by atoms with Gasteiger partial charge < -0.3 is 10.1 Å². The van der Waals surface area contributed by atoms with Gasteiger partial charge in [0.1, 0.15) is 24.0 Å². The first kappa shape index (κ1) is 20.5. The number of halogens is 2. The number of carbonyl (C=O) groups excluding carboxylic acids is 1. The molecule has 0 spiro atoms. The Kier molecular flexibility index (Phi) is 6.56. The second kappa shape index (κ2) is 9.29. The van der Waals surface area contributed by atoms with Gasteiger partial charge in [0.2, 0.25) is 0 Å². The maximum absolute atomic E-state index is 12.7. The van der Waals surface area contributed by atoms with Crippen LogP contribution in [-0.4, -0.2) is 12.5 Å². The molecule has 1 N–H and O–H groups in total. The van der Waals surface area contributed by atoms with E-state index < -0.39 is 5.91 Å². The van der Waals surface area contributed by atoms with Gasteiger partial charge in [-0.1, -0.05) is 66.2 Å². The molecule has 0 fully saturated rings. The Morgan fingerprint density at radius 2 is 1.93 bits per heavy atom. The molecule has 4 nitrogen and oxygen atoms in total. The standard InChI is InChI=1S/C23H16Cl2N2O2/c1-2-11-29-22-10-7-15-5-3-4-6-18(15)19(22)12-16(14-26)23(28)27-17-8-9-20(24)21(25)13-17/h2-10,12-13H,1,11H2,(H,27,28)/b16-12+. The molecule has 3 aromatic rings. The summed E-state index contributed by atoms with van der Waals surface area (Å²) in [6.07, 6.45) is 3.15. The second-order valence-electron chi connectivity index (χ2n) is 6.05. The highest BCUT2D eigenvalue weighted by atomic mass is 35.5. The summed E-state index contributed by atoms with van der Waals surface area (Å²) in [4.78, 5) is 12.7. The van der Waals surface area contributed by atoms with Crippen molar-refractivity contribution in [3.05, 3.63) is 88.4 Å². The fraction of sp³-hybridized carbons (Fsp3) is 0.0435. The molecule has 3 rings (SSSR count). The summed E-state index contributed by atoms with van der Waals surface area (Å²) in [5.41, 5.74) is 1.01. The van der Waals surface area contributed by atoms with Gasteiger partial charge in [0.05, 0.1) is 10.0 Å². The predicted octanol–water partition coefficient (Wildman–Crippen LogP) is 6.26. The third-order valence-corrected chi connectivity index (χ3v) is 4.86. The van der Waals surface area contributed by atoms with Crippen LogP contribution in [0, 0.1) is 11.3 Å². The zero-order valence-corrected chi connectivity index (χ0v) is 16.8. The van der Waals surface area contributed by atoms with E-state index >= 15 is 0 Å². The first-order chi connectivity index (χ1) is 14.0. The van der Waals surface area contributed by atoms with E-state index in [9.17, 15) is 10.1 Å². The highest BCUT2D eigenvalue weighted by Gasteiger charge is 2.14. The lowest BCUT2D eigenvalue weighted by molar-refractivity contribution is -0.112. The average molecular weight is 423 g/mol. The SMILES string of the molecule is C=CCOc1ccc2ccccc2c1/C=C(\C#N)C(=O)Nc1ccc(Cl)c(Cl)c1. The van der Waals surface area contributed by atoms with E-state index in [0.717, 1.165) is 10.8 Å². The highest BCUT2D eigenvalue weighted by molar-refractivity contribution is 6.42. The molecule has 0 unspecified atom stereocenters. The average Bonchev–Trinajstić information content (AvgIpc) is 2.73. The molecule has 0 saturated heterocycles. The Labute approximate surface area is 178 Å². The Hall–Kier alpha value is -3.26. The molecule has 29 heavy (non-hydrogen) atoms. The Morgan fingerprint density at radius 3 is 2.66 bits per heavy atom. The molecule has 0 saturated carbocycles. The molecule has 0 atom stereocenters. The van der Waals surface area contributed by atoms with Crippen molar-refractivity contribution in [1.82, 2.24) is 0 Å². The van der Waals surface area contributed by atoms with Gasteiger partial charge in [-0.2, -0.15) is 5.26 Å². The molecule has 0 bridgehead atoms. The number of fused-ring (bicyclic) bond motifs is 1. The van der Waals surface area contributed by atoms with Crippen LogP contribution in [0.5, 0.6) is 5.75 Å². The van der Waals surface area contributed by atoms with Gasteiger partial charge in [-0.3, -0.25) is 4.79 Å². The molecule has 0 aliphatic rings. The number of hydrogen-bond donors (Lipinski definition) is 1. The van der Waals surface area contributed by atoms with Gasteiger partial charge in [-0.05, 0) is 41.1 Å². The largest absolute Gasteiger partial charge is 0.489 e. The quantitative estimate of drug-likeness (QED) is 0.289. The smallest absolute Gasteiger partial charge is 0.266 e. The summed E-state index contributed by atoms with van der Waals surface area (Å²) in [7, 11) is 0. The number of nitrogens with zero attached hydrogens (tertiary/aromatic N) is 1. The number of carbonyl (C=O) groups is 1. The third-order valence-electron chi connectivity index (χ3n) is 4.12. The number of anilines is 1. The summed E-state index contributed by atoms with van der Waals surface area (Å²) in [5.74, 6) is -0.00724. The van der Waals surface area contributed by atoms with Crippen molar-refractivity contribution in [2.75, 3.05) is 11.9 Å². The number of ether oxygens (including phenoxy) is 1. The van der Waals surface area contributed by atoms with Crippen molar-refractivity contribution in [1.29, 1.82) is 5.26 Å². The van der Waals surface area contributed by atoms with Crippen molar-refractivity contribution in [3.8, 4) is 11.8 Å². The van der Waals surface area contributed by atoms with Crippen LogP contribution >= 0.6 is 23.2 Å². The number of rotatable bonds is 6. The minimum Gasteiger partial charge on any atom is -0.489 e. The van der Waals surface area contributed by atoms with Crippen LogP contribution in [-0.2, 0) is 4.79 Å². The molecule has 144 valence electrons. The topological polar surface area (TPSA) is 62.1 Å². The Morgan fingerprint density at radius 1 is 1.14 bits per heavy atom. The van der Waals surface area contributed by atoms with E-state index in [1.807, 2.05) is 42.5 Å². The maximum Gasteiger partial charge on any atom is 0.266 e. The lowest BCUT2D eigenvalue weighted by Crippen LogP contribution is -2.13. The van der Waals surface area contributed by atoms with Crippen LogP contribution in [0.25, 0.3) is 16.8 Å². The van der Waals surface area contributed by atoms with Gasteiger partial charge in [-0.15, -0.1) is 0 Å². The number of nitrogens with one attached hydrogen (secondary N) is 1. The molecular formula is C23H16Cl2N2O2. The number of benzene rings is 3. The zero-order valence-electron chi connectivity index (χ0n) is 15.3. The zero-order chi connectivity index (χ0) is 20.8.